The molecule has 1 aliphatic heterocycles. The fourth-order valence-electron chi connectivity index (χ4n) is 6.44. The van der Waals surface area contributed by atoms with E-state index in [0.29, 0.717) is 17.9 Å². The molecule has 0 unspecified atom stereocenters. The number of unbranched alkanes of at least 4 members (excludes halogenated alkanes) is 5. The molecular weight excluding hydrogens is 769 g/mol. The quantitative estimate of drug-likeness (QED) is 0.0450. The van der Waals surface area contributed by atoms with Gasteiger partial charge in [-0.3, -0.25) is 0 Å². The van der Waals surface area contributed by atoms with Crippen molar-refractivity contribution in [3.8, 4) is 5.75 Å². The van der Waals surface area contributed by atoms with Crippen LogP contribution in [-0.4, -0.2) is 66.9 Å². The van der Waals surface area contributed by atoms with Gasteiger partial charge in [0, 0.05) is 4.90 Å². The van der Waals surface area contributed by atoms with Gasteiger partial charge in [-0.2, -0.15) is 0 Å². The molecule has 1 heterocycles. The van der Waals surface area contributed by atoms with E-state index >= 15 is 0 Å². The monoisotopic (exact) mass is 816 g/mol. The van der Waals surface area contributed by atoms with Crippen LogP contribution in [-0.2, 0) is 23.7 Å². The van der Waals surface area contributed by atoms with Crippen LogP contribution >= 0.6 is 11.8 Å². The smallest absolute Gasteiger partial charge is 0.338 e. The number of benzene rings is 5. The van der Waals surface area contributed by atoms with Gasteiger partial charge in [0.15, 0.2) is 18.3 Å². The largest absolute Gasteiger partial charge is 0.494 e. The minimum absolute atomic E-state index is 0.216. The second kappa shape index (κ2) is 22.3. The molecule has 306 valence electrons. The topological polar surface area (TPSA) is 124 Å². The zero-order valence-corrected chi connectivity index (χ0v) is 33.7. The Morgan fingerprint density at radius 3 is 1.46 bits per heavy atom. The third kappa shape index (κ3) is 12.5. The third-order valence-electron chi connectivity index (χ3n) is 9.58. The average molecular weight is 817 g/mol. The van der Waals surface area contributed by atoms with Crippen molar-refractivity contribution in [3.05, 3.63) is 168 Å². The zero-order chi connectivity index (χ0) is 41.2. The van der Waals surface area contributed by atoms with Gasteiger partial charge in [-0.05, 0) is 79.2 Å². The minimum Gasteiger partial charge on any atom is -0.494 e. The summed E-state index contributed by atoms with van der Waals surface area (Å²) in [5.74, 6) is -2.16. The van der Waals surface area contributed by atoms with Crippen molar-refractivity contribution in [2.24, 2.45) is 0 Å². The van der Waals surface area contributed by atoms with E-state index in [1.807, 2.05) is 24.3 Å². The maximum Gasteiger partial charge on any atom is 0.338 e. The van der Waals surface area contributed by atoms with Gasteiger partial charge in [-0.25, -0.2) is 19.2 Å². The lowest BCUT2D eigenvalue weighted by atomic mass is 9.98. The summed E-state index contributed by atoms with van der Waals surface area (Å²) in [6.45, 7) is 2.40. The molecule has 0 bridgehead atoms. The molecule has 5 aromatic carbocycles. The molecule has 0 aliphatic carbocycles. The van der Waals surface area contributed by atoms with Gasteiger partial charge in [0.2, 0.25) is 0 Å². The van der Waals surface area contributed by atoms with Crippen LogP contribution in [0.1, 0.15) is 86.9 Å². The number of ether oxygens (including phenoxy) is 6. The second-order valence-corrected chi connectivity index (χ2v) is 15.1. The number of rotatable bonds is 19. The molecule has 1 fully saturated rings. The fraction of sp³-hybridized carbons (Fsp3) is 0.292. The first-order valence-electron chi connectivity index (χ1n) is 19.9. The maximum absolute atomic E-state index is 13.9. The van der Waals surface area contributed by atoms with Gasteiger partial charge in [0.05, 0.1) is 28.9 Å². The predicted octanol–water partition coefficient (Wildman–Crippen LogP) is 9.78. The van der Waals surface area contributed by atoms with E-state index in [1.165, 1.54) is 37.4 Å². The molecule has 1 aliphatic rings. The van der Waals surface area contributed by atoms with Crippen molar-refractivity contribution in [3.63, 3.8) is 0 Å². The first kappa shape index (κ1) is 42.7. The standard InChI is InChI=1S/C48H48O10S/c1-2-3-4-5-6-19-32-53-38-28-30-39(31-29-38)59-48-43(58-47(52)37-26-17-10-18-27-37)42(57-46(51)36-24-15-9-16-25-36)41(56-45(50)35-22-13-8-14-23-35)40(55-48)33-54-44(49)34-20-11-7-12-21-34/h7-18,20-31,40-43,48H,2-6,19,32-33H2,1H3/t40-,41-,42+,43-,48+/m1/s1. The van der Waals surface area contributed by atoms with Crippen LogP contribution in [0.25, 0.3) is 0 Å². The van der Waals surface area contributed by atoms with Crippen molar-refractivity contribution in [2.45, 2.75) is 80.2 Å². The van der Waals surface area contributed by atoms with Crippen LogP contribution in [0.15, 0.2) is 150 Å². The van der Waals surface area contributed by atoms with Crippen LogP contribution in [0.4, 0.5) is 0 Å². The Kier molecular flexibility index (Phi) is 16.1. The van der Waals surface area contributed by atoms with Crippen molar-refractivity contribution >= 4 is 35.6 Å². The number of esters is 4. The molecule has 0 amide bonds. The molecule has 5 atom stereocenters. The minimum atomic E-state index is -1.44. The van der Waals surface area contributed by atoms with Crippen LogP contribution < -0.4 is 4.74 Å². The summed E-state index contributed by atoms with van der Waals surface area (Å²) >= 11 is 1.21. The van der Waals surface area contributed by atoms with E-state index in [2.05, 4.69) is 6.92 Å². The summed E-state index contributed by atoms with van der Waals surface area (Å²) in [7, 11) is 0. The highest BCUT2D eigenvalue weighted by molar-refractivity contribution is 7.99. The summed E-state index contributed by atoms with van der Waals surface area (Å²) in [6, 6.07) is 40.8. The molecule has 11 heteroatoms. The summed E-state index contributed by atoms with van der Waals surface area (Å²) in [4.78, 5) is 55.5. The number of hydrogen-bond acceptors (Lipinski definition) is 11. The number of hydrogen-bond donors (Lipinski definition) is 0. The first-order chi connectivity index (χ1) is 28.9. The lowest BCUT2D eigenvalue weighted by molar-refractivity contribution is -0.207. The Morgan fingerprint density at radius 1 is 0.508 bits per heavy atom. The third-order valence-corrected chi connectivity index (χ3v) is 10.7. The van der Waals surface area contributed by atoms with E-state index in [1.54, 1.807) is 121 Å². The Morgan fingerprint density at radius 2 is 0.949 bits per heavy atom. The van der Waals surface area contributed by atoms with Crippen molar-refractivity contribution < 1.29 is 47.6 Å². The fourth-order valence-corrected chi connectivity index (χ4v) is 7.55. The molecule has 0 saturated carbocycles. The summed E-state index contributed by atoms with van der Waals surface area (Å²) < 4.78 is 37.0. The number of thioether (sulfide) groups is 1. The molecule has 0 aromatic heterocycles. The molecule has 0 radical (unpaired) electrons. The van der Waals surface area contributed by atoms with E-state index in [4.69, 9.17) is 28.4 Å². The number of carbonyl (C=O) groups is 4. The highest BCUT2D eigenvalue weighted by Crippen LogP contribution is 2.39. The Bertz CT molecular complexity index is 2060. The average Bonchev–Trinajstić information content (AvgIpc) is 3.28. The summed E-state index contributed by atoms with van der Waals surface area (Å²) in [5.41, 5.74) is -0.0827. The first-order valence-corrected chi connectivity index (χ1v) is 20.8. The summed E-state index contributed by atoms with van der Waals surface area (Å²) in [6.07, 6.45) is 1.55. The molecule has 5 aromatic rings. The zero-order valence-electron chi connectivity index (χ0n) is 32.9. The normalized spacial score (nSPS) is 18.6. The van der Waals surface area contributed by atoms with Crippen molar-refractivity contribution in [2.75, 3.05) is 13.2 Å². The second-order valence-electron chi connectivity index (χ2n) is 13.9. The van der Waals surface area contributed by atoms with Gasteiger partial charge in [0.1, 0.15) is 23.9 Å². The van der Waals surface area contributed by atoms with E-state index in [0.717, 1.165) is 17.7 Å². The lowest BCUT2D eigenvalue weighted by Crippen LogP contribution is -2.61. The molecule has 0 spiro atoms. The highest BCUT2D eigenvalue weighted by Gasteiger charge is 2.53. The van der Waals surface area contributed by atoms with Crippen LogP contribution in [0.3, 0.4) is 0 Å². The van der Waals surface area contributed by atoms with Crippen molar-refractivity contribution in [1.82, 2.24) is 0 Å². The Hall–Kier alpha value is -5.91. The number of carbonyl (C=O) groups excluding carboxylic acids is 4. The van der Waals surface area contributed by atoms with Crippen LogP contribution in [0.2, 0.25) is 0 Å². The molecule has 10 nitrogen and oxygen atoms in total. The van der Waals surface area contributed by atoms with Gasteiger partial charge < -0.3 is 28.4 Å². The van der Waals surface area contributed by atoms with Gasteiger partial charge >= 0.3 is 23.9 Å². The molecule has 6 rings (SSSR count). The SMILES string of the molecule is CCCCCCCCOc1ccc(S[C@@H]2O[C@H](COC(=O)c3ccccc3)[C@@H](OC(=O)c3ccccc3)[C@H](OC(=O)c3ccccc3)[C@H]2OC(=O)c2ccccc2)cc1. The Labute approximate surface area is 349 Å². The van der Waals surface area contributed by atoms with Crippen LogP contribution in [0.5, 0.6) is 5.75 Å². The predicted molar refractivity (Wildman–Crippen MR) is 223 cm³/mol. The molecule has 0 N–H and O–H groups in total. The van der Waals surface area contributed by atoms with E-state index in [-0.39, 0.29) is 16.7 Å². The van der Waals surface area contributed by atoms with Gasteiger partial charge in [-0.1, -0.05) is 124 Å². The molecule has 59 heavy (non-hydrogen) atoms. The molecular formula is C48H48O10S. The maximum atomic E-state index is 13.9. The summed E-state index contributed by atoms with van der Waals surface area (Å²) in [5, 5.41) is 0. The van der Waals surface area contributed by atoms with E-state index < -0.39 is 60.3 Å². The molecule has 1 saturated heterocycles. The highest BCUT2D eigenvalue weighted by atomic mass is 32.2. The van der Waals surface area contributed by atoms with Crippen molar-refractivity contribution in [1.29, 1.82) is 0 Å². The van der Waals surface area contributed by atoms with E-state index in [9.17, 15) is 19.2 Å². The van der Waals surface area contributed by atoms with Gasteiger partial charge in [0.25, 0.3) is 0 Å². The lowest BCUT2D eigenvalue weighted by Gasteiger charge is -2.44. The Balaban J connectivity index is 1.33. The van der Waals surface area contributed by atoms with Gasteiger partial charge in [-0.15, -0.1) is 0 Å². The van der Waals surface area contributed by atoms with Crippen LogP contribution in [0, 0.1) is 0 Å².